The maximum Gasteiger partial charge on any atom is 0.191 e. The summed E-state index contributed by atoms with van der Waals surface area (Å²) in [5.74, 6) is 2.24. The molecule has 2 unspecified atom stereocenters. The monoisotopic (exact) mass is 488 g/mol. The van der Waals surface area contributed by atoms with Gasteiger partial charge in [0.2, 0.25) is 0 Å². The van der Waals surface area contributed by atoms with E-state index >= 15 is 0 Å². The number of nitrogens with zero attached hydrogens (tertiary/aromatic N) is 2. The quantitative estimate of drug-likeness (QED) is 0.362. The first-order valence-electron chi connectivity index (χ1n) is 8.85. The molecule has 1 aliphatic carbocycles. The molecule has 3 rings (SSSR count). The number of halogens is 2. The van der Waals surface area contributed by atoms with E-state index in [1.54, 1.807) is 7.05 Å². The summed E-state index contributed by atoms with van der Waals surface area (Å²) < 4.78 is 5.42. The number of guanidine groups is 1. The second-order valence-electron chi connectivity index (χ2n) is 6.31. The summed E-state index contributed by atoms with van der Waals surface area (Å²) in [6.07, 6.45) is 2.80. The second kappa shape index (κ2) is 9.60. The van der Waals surface area contributed by atoms with Gasteiger partial charge in [0.1, 0.15) is 5.76 Å². The molecule has 2 atom stereocenters. The summed E-state index contributed by atoms with van der Waals surface area (Å²) >= 11 is 6.09. The lowest BCUT2D eigenvalue weighted by Crippen LogP contribution is -2.38. The average Bonchev–Trinajstić information content (AvgIpc) is 3.28. The van der Waals surface area contributed by atoms with Crippen molar-refractivity contribution in [1.82, 2.24) is 15.8 Å². The van der Waals surface area contributed by atoms with Gasteiger partial charge in [-0.15, -0.1) is 24.0 Å². The highest BCUT2D eigenvalue weighted by Crippen LogP contribution is 2.41. The Morgan fingerprint density at radius 2 is 2.15 bits per heavy atom. The highest BCUT2D eigenvalue weighted by atomic mass is 127. The molecule has 0 bridgehead atoms. The topological polar surface area (TPSA) is 62.5 Å². The fraction of sp³-hybridized carbons (Fsp3) is 0.474. The van der Waals surface area contributed by atoms with E-state index in [-0.39, 0.29) is 24.0 Å². The number of nitrogens with one attached hydrogen (secondary N) is 2. The predicted octanol–water partition coefficient (Wildman–Crippen LogP) is 4.29. The molecule has 0 saturated heterocycles. The first kappa shape index (κ1) is 21.0. The molecule has 0 amide bonds. The van der Waals surface area contributed by atoms with E-state index in [4.69, 9.17) is 16.1 Å². The highest BCUT2D eigenvalue weighted by Gasteiger charge is 2.39. The number of hydrogen-bond donors (Lipinski definition) is 2. The summed E-state index contributed by atoms with van der Waals surface area (Å²) in [5, 5.41) is 11.8. The predicted molar refractivity (Wildman–Crippen MR) is 117 cm³/mol. The summed E-state index contributed by atoms with van der Waals surface area (Å²) in [6, 6.07) is 8.48. The largest absolute Gasteiger partial charge is 0.361 e. The molecule has 2 N–H and O–H groups in total. The standard InChI is InChI=1S/C19H25ClN4O.HI/c1-4-16-15(18(5-2)25-24-16)11-22-19(21-3)23-17-10-14(17)12-7-6-8-13(20)9-12;/h6-9,14,17H,4-5,10-11H2,1-3H3,(H2,21,22,23);1H. The van der Waals surface area contributed by atoms with Crippen molar-refractivity contribution in [3.63, 3.8) is 0 Å². The van der Waals surface area contributed by atoms with Crippen LogP contribution in [0.15, 0.2) is 33.8 Å². The Balaban J connectivity index is 0.00000243. The third kappa shape index (κ3) is 4.91. The smallest absolute Gasteiger partial charge is 0.191 e. The fourth-order valence-corrected chi connectivity index (χ4v) is 3.34. The molecule has 7 heteroatoms. The van der Waals surface area contributed by atoms with Gasteiger partial charge < -0.3 is 15.2 Å². The Morgan fingerprint density at radius 3 is 2.81 bits per heavy atom. The number of aromatic nitrogens is 1. The lowest BCUT2D eigenvalue weighted by molar-refractivity contribution is 0.380. The van der Waals surface area contributed by atoms with Gasteiger partial charge in [-0.25, -0.2) is 0 Å². The Hall–Kier alpha value is -1.28. The summed E-state index contributed by atoms with van der Waals surface area (Å²) in [5.41, 5.74) is 3.44. The molecule has 1 aromatic carbocycles. The molecular formula is C19H26ClIN4O. The van der Waals surface area contributed by atoms with Crippen LogP contribution in [-0.2, 0) is 19.4 Å². The molecule has 0 spiro atoms. The van der Waals surface area contributed by atoms with Crippen molar-refractivity contribution in [1.29, 1.82) is 0 Å². The van der Waals surface area contributed by atoms with Crippen LogP contribution >= 0.6 is 35.6 Å². The third-order valence-electron chi connectivity index (χ3n) is 4.65. The molecular weight excluding hydrogens is 463 g/mol. The maximum atomic E-state index is 6.09. The number of benzene rings is 1. The molecule has 1 aliphatic rings. The van der Waals surface area contributed by atoms with Gasteiger partial charge in [0.25, 0.3) is 0 Å². The van der Waals surface area contributed by atoms with Gasteiger partial charge in [0, 0.05) is 42.6 Å². The van der Waals surface area contributed by atoms with E-state index in [9.17, 15) is 0 Å². The van der Waals surface area contributed by atoms with E-state index in [2.05, 4.69) is 40.7 Å². The molecule has 5 nitrogen and oxygen atoms in total. The van der Waals surface area contributed by atoms with Crippen LogP contribution in [0.4, 0.5) is 0 Å². The number of aryl methyl sites for hydroxylation is 2. The first-order chi connectivity index (χ1) is 12.2. The van der Waals surface area contributed by atoms with Crippen molar-refractivity contribution in [2.24, 2.45) is 4.99 Å². The van der Waals surface area contributed by atoms with Gasteiger partial charge in [0.05, 0.1) is 5.69 Å². The minimum Gasteiger partial charge on any atom is -0.361 e. The maximum absolute atomic E-state index is 6.09. The van der Waals surface area contributed by atoms with Gasteiger partial charge in [-0.3, -0.25) is 4.99 Å². The molecule has 142 valence electrons. The van der Waals surface area contributed by atoms with E-state index in [1.807, 2.05) is 18.2 Å². The Labute approximate surface area is 177 Å². The van der Waals surface area contributed by atoms with E-state index in [0.29, 0.717) is 18.5 Å². The first-order valence-corrected chi connectivity index (χ1v) is 9.23. The summed E-state index contributed by atoms with van der Waals surface area (Å²) in [7, 11) is 1.79. The SMILES string of the molecule is CCc1noc(CC)c1CNC(=NC)NC1CC1c1cccc(Cl)c1.I. The van der Waals surface area contributed by atoms with Crippen LogP contribution in [0.2, 0.25) is 5.02 Å². The van der Waals surface area contributed by atoms with Gasteiger partial charge in [-0.05, 0) is 30.5 Å². The lowest BCUT2D eigenvalue weighted by atomic mass is 10.1. The zero-order valence-corrected chi connectivity index (χ0v) is 18.5. The molecule has 1 saturated carbocycles. The molecule has 2 aromatic rings. The zero-order valence-electron chi connectivity index (χ0n) is 15.4. The number of aliphatic imine (C=N–C) groups is 1. The van der Waals surface area contributed by atoms with Crippen molar-refractivity contribution in [2.75, 3.05) is 7.05 Å². The molecule has 1 heterocycles. The Bertz CT molecular complexity index is 740. The van der Waals surface area contributed by atoms with Gasteiger partial charge >= 0.3 is 0 Å². The van der Waals surface area contributed by atoms with Crippen LogP contribution in [-0.4, -0.2) is 24.2 Å². The highest BCUT2D eigenvalue weighted by molar-refractivity contribution is 14.0. The molecule has 0 radical (unpaired) electrons. The zero-order chi connectivity index (χ0) is 17.8. The van der Waals surface area contributed by atoms with Crippen LogP contribution < -0.4 is 10.6 Å². The fourth-order valence-electron chi connectivity index (χ4n) is 3.14. The van der Waals surface area contributed by atoms with E-state index in [0.717, 1.165) is 47.3 Å². The Morgan fingerprint density at radius 1 is 1.35 bits per heavy atom. The van der Waals surface area contributed by atoms with E-state index < -0.39 is 0 Å². The third-order valence-corrected chi connectivity index (χ3v) is 4.89. The number of hydrogen-bond acceptors (Lipinski definition) is 3. The van der Waals surface area contributed by atoms with Crippen molar-refractivity contribution in [2.45, 2.75) is 51.6 Å². The van der Waals surface area contributed by atoms with E-state index in [1.165, 1.54) is 5.56 Å². The minimum atomic E-state index is 0. The molecule has 26 heavy (non-hydrogen) atoms. The average molecular weight is 489 g/mol. The van der Waals surface area contributed by atoms with Crippen LogP contribution in [0.1, 0.15) is 48.8 Å². The van der Waals surface area contributed by atoms with Crippen LogP contribution in [0.5, 0.6) is 0 Å². The molecule has 1 aromatic heterocycles. The lowest BCUT2D eigenvalue weighted by Gasteiger charge is -2.12. The van der Waals surface area contributed by atoms with Gasteiger partial charge in [0.15, 0.2) is 5.96 Å². The minimum absolute atomic E-state index is 0. The van der Waals surface area contributed by atoms with Crippen molar-refractivity contribution in [3.05, 3.63) is 51.9 Å². The summed E-state index contributed by atoms with van der Waals surface area (Å²) in [4.78, 5) is 4.34. The Kier molecular flexibility index (Phi) is 7.76. The van der Waals surface area contributed by atoms with Crippen LogP contribution in [0, 0.1) is 0 Å². The van der Waals surface area contributed by atoms with Crippen LogP contribution in [0.25, 0.3) is 0 Å². The van der Waals surface area contributed by atoms with Crippen molar-refractivity contribution in [3.8, 4) is 0 Å². The van der Waals surface area contributed by atoms with Crippen molar-refractivity contribution < 1.29 is 4.52 Å². The van der Waals surface area contributed by atoms with Crippen molar-refractivity contribution >= 4 is 41.5 Å². The van der Waals surface area contributed by atoms with Gasteiger partial charge in [-0.1, -0.05) is 42.7 Å². The molecule has 0 aliphatic heterocycles. The number of rotatable bonds is 6. The summed E-state index contributed by atoms with van der Waals surface area (Å²) in [6.45, 7) is 4.84. The second-order valence-corrected chi connectivity index (χ2v) is 6.75. The normalized spacial score (nSPS) is 19.0. The van der Waals surface area contributed by atoms with Crippen LogP contribution in [0.3, 0.4) is 0 Å². The van der Waals surface area contributed by atoms with Gasteiger partial charge in [-0.2, -0.15) is 0 Å². The molecule has 1 fully saturated rings.